The summed E-state index contributed by atoms with van der Waals surface area (Å²) in [6, 6.07) is -0.134. The van der Waals surface area contributed by atoms with Crippen molar-refractivity contribution in [2.24, 2.45) is 11.8 Å². The van der Waals surface area contributed by atoms with Crippen LogP contribution in [0.1, 0.15) is 47.0 Å². The van der Waals surface area contributed by atoms with Gasteiger partial charge < -0.3 is 20.4 Å². The Morgan fingerprint density at radius 1 is 1.41 bits per heavy atom. The molecular formula is C20H29N3O5S. The predicted molar refractivity (Wildman–Crippen MR) is 108 cm³/mol. The molecule has 4 aliphatic rings. The van der Waals surface area contributed by atoms with E-state index in [0.717, 1.165) is 24.3 Å². The van der Waals surface area contributed by atoms with E-state index in [1.807, 2.05) is 13.8 Å². The highest BCUT2D eigenvalue weighted by molar-refractivity contribution is 8.03. The van der Waals surface area contributed by atoms with E-state index in [4.69, 9.17) is 0 Å². The van der Waals surface area contributed by atoms with E-state index in [2.05, 4.69) is 17.1 Å². The molecule has 0 saturated carbocycles. The molecule has 7 atom stereocenters. The van der Waals surface area contributed by atoms with Gasteiger partial charge in [-0.2, -0.15) is 0 Å². The molecule has 0 aliphatic carbocycles. The molecule has 4 aliphatic heterocycles. The average molecular weight is 424 g/mol. The highest BCUT2D eigenvalue weighted by Crippen LogP contribution is 2.52. The van der Waals surface area contributed by atoms with E-state index >= 15 is 0 Å². The van der Waals surface area contributed by atoms with Gasteiger partial charge in [-0.15, -0.1) is 11.8 Å². The van der Waals surface area contributed by atoms with E-state index in [-0.39, 0.29) is 46.4 Å². The lowest BCUT2D eigenvalue weighted by Crippen LogP contribution is -2.64. The van der Waals surface area contributed by atoms with Crippen molar-refractivity contribution < 1.29 is 24.6 Å². The number of carboxylic acids is 1. The SMILES string of the molecule is CCC1(C)NC(=O)C[C@@H]2CC(SC3=C(C(=O)O)N4C(=O)[C@H](C(C)O)[C@H]4[C@H]3C)CN21. The molecule has 9 heteroatoms. The van der Waals surface area contributed by atoms with Crippen LogP contribution in [0, 0.1) is 11.8 Å². The summed E-state index contributed by atoms with van der Waals surface area (Å²) in [5, 5.41) is 23.1. The molecule has 0 aromatic rings. The molecule has 4 heterocycles. The monoisotopic (exact) mass is 423 g/mol. The van der Waals surface area contributed by atoms with Gasteiger partial charge in [-0.1, -0.05) is 13.8 Å². The number of aliphatic hydroxyl groups is 1. The second-order valence-electron chi connectivity index (χ2n) is 8.93. The van der Waals surface area contributed by atoms with Crippen molar-refractivity contribution in [3.8, 4) is 0 Å². The van der Waals surface area contributed by atoms with Gasteiger partial charge in [0.15, 0.2) is 0 Å². The normalized spacial score (nSPS) is 40.4. The maximum Gasteiger partial charge on any atom is 0.353 e. The lowest BCUT2D eigenvalue weighted by molar-refractivity contribution is -0.163. The fraction of sp³-hybridized carbons (Fsp3) is 0.750. The molecule has 3 saturated heterocycles. The second kappa shape index (κ2) is 6.99. The molecular weight excluding hydrogens is 394 g/mol. The third kappa shape index (κ3) is 3.00. The smallest absolute Gasteiger partial charge is 0.353 e. The molecule has 2 amide bonds. The number of hydrogen-bond acceptors (Lipinski definition) is 6. The van der Waals surface area contributed by atoms with Crippen LogP contribution in [-0.2, 0) is 14.4 Å². The Labute approximate surface area is 174 Å². The number of nitrogens with zero attached hydrogens (tertiary/aromatic N) is 2. The van der Waals surface area contributed by atoms with Crippen molar-refractivity contribution in [3.05, 3.63) is 10.6 Å². The Hall–Kier alpha value is -1.58. The number of rotatable bonds is 5. The van der Waals surface area contributed by atoms with Crippen LogP contribution in [0.5, 0.6) is 0 Å². The van der Waals surface area contributed by atoms with Crippen LogP contribution >= 0.6 is 11.8 Å². The molecule has 3 N–H and O–H groups in total. The zero-order chi connectivity index (χ0) is 21.2. The van der Waals surface area contributed by atoms with Crippen LogP contribution in [0.15, 0.2) is 10.6 Å². The van der Waals surface area contributed by atoms with Crippen molar-refractivity contribution in [2.45, 2.75) is 76.1 Å². The van der Waals surface area contributed by atoms with Crippen LogP contribution in [-0.4, -0.2) is 73.4 Å². The zero-order valence-electron chi connectivity index (χ0n) is 17.2. The van der Waals surface area contributed by atoms with Gasteiger partial charge in [0, 0.05) is 35.1 Å². The summed E-state index contributed by atoms with van der Waals surface area (Å²) in [6.45, 7) is 8.40. The first-order valence-electron chi connectivity index (χ1n) is 10.3. The molecule has 160 valence electrons. The van der Waals surface area contributed by atoms with Gasteiger partial charge in [-0.3, -0.25) is 14.5 Å². The van der Waals surface area contributed by atoms with Gasteiger partial charge >= 0.3 is 5.97 Å². The Bertz CT molecular complexity index is 799. The van der Waals surface area contributed by atoms with E-state index in [9.17, 15) is 24.6 Å². The van der Waals surface area contributed by atoms with Crippen molar-refractivity contribution in [1.82, 2.24) is 15.1 Å². The molecule has 29 heavy (non-hydrogen) atoms. The molecule has 3 unspecified atom stereocenters. The fourth-order valence-corrected chi connectivity index (χ4v) is 7.11. The standard InChI is InChI=1S/C20H29N3O5S/c1-5-20(4)21-13(25)7-11-6-12(8-22(11)20)29-17-9(2)15-14(10(3)24)18(26)23(15)16(17)19(27)28/h9-12,14-15,24H,5-8H2,1-4H3,(H,21,25)(H,27,28)/t9-,10?,11+,12?,14-,15-,20?/m1/s1. The van der Waals surface area contributed by atoms with Crippen LogP contribution in [0.2, 0.25) is 0 Å². The maximum absolute atomic E-state index is 12.5. The minimum atomic E-state index is -1.09. The van der Waals surface area contributed by atoms with Crippen LogP contribution in [0.4, 0.5) is 0 Å². The maximum atomic E-state index is 12.5. The first kappa shape index (κ1) is 20.7. The first-order valence-corrected chi connectivity index (χ1v) is 11.2. The van der Waals surface area contributed by atoms with Gasteiger partial charge in [-0.25, -0.2) is 4.79 Å². The molecule has 4 rings (SSSR count). The molecule has 0 bridgehead atoms. The number of carbonyl (C=O) groups excluding carboxylic acids is 2. The number of aliphatic carboxylic acids is 1. The van der Waals surface area contributed by atoms with E-state index in [0.29, 0.717) is 6.42 Å². The van der Waals surface area contributed by atoms with Crippen LogP contribution < -0.4 is 5.32 Å². The summed E-state index contributed by atoms with van der Waals surface area (Å²) in [4.78, 5) is 41.1. The quantitative estimate of drug-likeness (QED) is 0.565. The average Bonchev–Trinajstić information content (AvgIpc) is 3.13. The molecule has 0 aromatic heterocycles. The first-order chi connectivity index (χ1) is 13.6. The lowest BCUT2D eigenvalue weighted by Gasteiger charge is -2.46. The zero-order valence-corrected chi connectivity index (χ0v) is 18.0. The highest BCUT2D eigenvalue weighted by Gasteiger charge is 2.60. The number of thioether (sulfide) groups is 1. The number of hydrogen-bond donors (Lipinski definition) is 3. The Kier molecular flexibility index (Phi) is 4.99. The molecule has 8 nitrogen and oxygen atoms in total. The summed E-state index contributed by atoms with van der Waals surface area (Å²) in [5.74, 6) is -2.00. The van der Waals surface area contributed by atoms with Crippen molar-refractivity contribution in [2.75, 3.05) is 6.54 Å². The van der Waals surface area contributed by atoms with Crippen molar-refractivity contribution in [3.63, 3.8) is 0 Å². The summed E-state index contributed by atoms with van der Waals surface area (Å²) >= 11 is 1.54. The summed E-state index contributed by atoms with van der Waals surface area (Å²) < 4.78 is 0. The van der Waals surface area contributed by atoms with Gasteiger partial charge in [-0.05, 0) is 26.7 Å². The van der Waals surface area contributed by atoms with Gasteiger partial charge in [0.25, 0.3) is 0 Å². The van der Waals surface area contributed by atoms with Crippen molar-refractivity contribution in [1.29, 1.82) is 0 Å². The van der Waals surface area contributed by atoms with E-state index in [1.54, 1.807) is 18.7 Å². The van der Waals surface area contributed by atoms with Gasteiger partial charge in [0.1, 0.15) is 5.70 Å². The second-order valence-corrected chi connectivity index (χ2v) is 10.3. The minimum absolute atomic E-state index is 0.0652. The Morgan fingerprint density at radius 3 is 2.69 bits per heavy atom. The largest absolute Gasteiger partial charge is 0.477 e. The number of carboxylic acid groups (broad SMARTS) is 1. The van der Waals surface area contributed by atoms with Crippen LogP contribution in [0.3, 0.4) is 0 Å². The number of aliphatic hydroxyl groups excluding tert-OH is 1. The molecule has 0 radical (unpaired) electrons. The third-order valence-corrected chi connectivity index (χ3v) is 8.63. The third-order valence-electron chi connectivity index (χ3n) is 7.13. The van der Waals surface area contributed by atoms with Gasteiger partial charge in [0.05, 0.1) is 23.7 Å². The van der Waals surface area contributed by atoms with E-state index in [1.165, 1.54) is 4.90 Å². The molecule has 0 aromatic carbocycles. The number of fused-ring (bicyclic) bond motifs is 2. The highest BCUT2D eigenvalue weighted by atomic mass is 32.2. The minimum Gasteiger partial charge on any atom is -0.477 e. The number of nitrogens with one attached hydrogen (secondary N) is 1. The van der Waals surface area contributed by atoms with Gasteiger partial charge in [0.2, 0.25) is 11.8 Å². The lowest BCUT2D eigenvalue weighted by atomic mass is 9.79. The summed E-state index contributed by atoms with van der Waals surface area (Å²) in [7, 11) is 0. The summed E-state index contributed by atoms with van der Waals surface area (Å²) in [6.07, 6.45) is 1.28. The molecule has 0 spiro atoms. The fourth-order valence-electron chi connectivity index (χ4n) is 5.54. The topological polar surface area (TPSA) is 110 Å². The number of carbonyl (C=O) groups is 3. The molecule has 3 fully saturated rings. The van der Waals surface area contributed by atoms with Crippen LogP contribution in [0.25, 0.3) is 0 Å². The van der Waals surface area contributed by atoms with E-state index < -0.39 is 18.0 Å². The van der Waals surface area contributed by atoms with Crippen molar-refractivity contribution >= 4 is 29.5 Å². The predicted octanol–water partition coefficient (Wildman–Crippen LogP) is 0.962. The number of β-lactam (4-membered cyclic amide) rings is 1. The Morgan fingerprint density at radius 2 is 2.10 bits per heavy atom. The Balaban J connectivity index is 1.57. The number of amides is 2. The summed E-state index contributed by atoms with van der Waals surface area (Å²) in [5.41, 5.74) is -0.303.